The van der Waals surface area contributed by atoms with E-state index < -0.39 is 73.7 Å². The average molecular weight is 740 g/mol. The zero-order valence-corrected chi connectivity index (χ0v) is 29.1. The molecule has 2 amide bonds. The molecular weight excluding hydrogens is 701 g/mol. The van der Waals surface area contributed by atoms with E-state index in [0.29, 0.717) is 24.0 Å². The van der Waals surface area contributed by atoms with E-state index in [2.05, 4.69) is 25.4 Å². The molecule has 0 aliphatic carbocycles. The molecule has 0 spiro atoms. The first-order valence-electron chi connectivity index (χ1n) is 15.6. The van der Waals surface area contributed by atoms with Gasteiger partial charge in [0, 0.05) is 23.9 Å². The summed E-state index contributed by atoms with van der Waals surface area (Å²) in [5.41, 5.74) is 12.5. The van der Waals surface area contributed by atoms with Gasteiger partial charge >= 0.3 is 12.6 Å². The number of rotatable bonds is 14. The number of nitrogens with one attached hydrogen (secondary N) is 1. The summed E-state index contributed by atoms with van der Waals surface area (Å²) in [5.74, 6) is -5.28. The fourth-order valence-corrected chi connectivity index (χ4v) is 4.98. The first-order chi connectivity index (χ1) is 24.1. The second kappa shape index (κ2) is 18.3. The second-order valence-corrected chi connectivity index (χ2v) is 12.1. The molecule has 0 aliphatic heterocycles. The van der Waals surface area contributed by atoms with Crippen molar-refractivity contribution in [3.63, 3.8) is 0 Å². The summed E-state index contributed by atoms with van der Waals surface area (Å²) in [4.78, 5) is 38.0. The van der Waals surface area contributed by atoms with Crippen molar-refractivity contribution in [3.05, 3.63) is 76.3 Å². The molecule has 51 heavy (non-hydrogen) atoms. The smallest absolute Gasteiger partial charge is 0.407 e. The van der Waals surface area contributed by atoms with Gasteiger partial charge in [-0.2, -0.15) is 18.9 Å². The fourth-order valence-electron chi connectivity index (χ4n) is 4.78. The van der Waals surface area contributed by atoms with Gasteiger partial charge in [0.15, 0.2) is 11.6 Å². The standard InChI is InChI=1S/C33H39ClF5N9O3/c1-5-10-47-16-23(15-43-47)20-6-7-21(26(36)12-20)13-28(49)48(31(41)46-33(3,4)39)27(17-51-32(50)44-19(2)14-35)22-8-9-25(34)24(11-22)29(42-18-40)45-30(37)38/h6-9,11-12,15-16,18-19,27,30H,5,10,13-14,17H2,1-4H3,(H2,41,46)(H,44,50)(H2,40,42,45). The van der Waals surface area contributed by atoms with E-state index in [1.54, 1.807) is 23.1 Å². The molecule has 2 aromatic carbocycles. The van der Waals surface area contributed by atoms with Gasteiger partial charge in [0.25, 0.3) is 0 Å². The van der Waals surface area contributed by atoms with Crippen LogP contribution in [0.2, 0.25) is 5.02 Å². The van der Waals surface area contributed by atoms with Crippen LogP contribution in [0.1, 0.15) is 56.8 Å². The van der Waals surface area contributed by atoms with Crippen LogP contribution in [0.3, 0.4) is 0 Å². The minimum absolute atomic E-state index is 0.0398. The summed E-state index contributed by atoms with van der Waals surface area (Å²) in [5, 5.41) is 6.39. The highest BCUT2D eigenvalue weighted by Crippen LogP contribution is 2.30. The van der Waals surface area contributed by atoms with E-state index in [4.69, 9.17) is 27.8 Å². The average Bonchev–Trinajstić information content (AvgIpc) is 3.51. The number of aromatic nitrogens is 2. The van der Waals surface area contributed by atoms with E-state index in [1.807, 2.05) is 6.92 Å². The summed E-state index contributed by atoms with van der Waals surface area (Å²) < 4.78 is 77.2. The summed E-state index contributed by atoms with van der Waals surface area (Å²) in [6.07, 6.45) is 3.16. The molecule has 18 heteroatoms. The number of halogens is 6. The molecule has 0 aliphatic rings. The number of aryl methyl sites for hydroxylation is 1. The summed E-state index contributed by atoms with van der Waals surface area (Å²) in [6, 6.07) is 5.61. The van der Waals surface area contributed by atoms with Crippen molar-refractivity contribution in [1.82, 2.24) is 20.0 Å². The van der Waals surface area contributed by atoms with Gasteiger partial charge in [-0.15, -0.1) is 0 Å². The van der Waals surface area contributed by atoms with E-state index in [9.17, 15) is 27.2 Å². The Morgan fingerprint density at radius 1 is 1.20 bits per heavy atom. The minimum atomic E-state index is -3.22. The number of aliphatic imine (C=N–C) groups is 3. The van der Waals surface area contributed by atoms with Crippen LogP contribution in [0.4, 0.5) is 26.7 Å². The van der Waals surface area contributed by atoms with Crippen molar-refractivity contribution in [2.75, 3.05) is 13.3 Å². The zero-order chi connectivity index (χ0) is 37.9. The maximum absolute atomic E-state index is 15.5. The number of alkyl halides is 4. The Labute approximate surface area is 296 Å². The number of guanidine groups is 1. The monoisotopic (exact) mass is 739 g/mol. The Kier molecular flexibility index (Phi) is 14.5. The van der Waals surface area contributed by atoms with Crippen molar-refractivity contribution in [3.8, 4) is 11.1 Å². The van der Waals surface area contributed by atoms with Crippen molar-refractivity contribution in [2.45, 2.75) is 71.5 Å². The van der Waals surface area contributed by atoms with Gasteiger partial charge in [-0.3, -0.25) is 14.4 Å². The minimum Gasteiger partial charge on any atom is -0.447 e. The number of benzene rings is 2. The molecular formula is C33H39ClF5N9O3. The first-order valence-corrected chi connectivity index (χ1v) is 16.0. The van der Waals surface area contributed by atoms with Crippen LogP contribution in [-0.2, 0) is 22.5 Å². The highest BCUT2D eigenvalue weighted by atomic mass is 35.5. The van der Waals surface area contributed by atoms with Gasteiger partial charge in [-0.25, -0.2) is 28.0 Å². The molecule has 0 radical (unpaired) electrons. The molecule has 2 unspecified atom stereocenters. The number of hydrogen-bond acceptors (Lipinski definition) is 6. The number of alkyl carbamates (subject to hydrolysis) is 1. The number of ether oxygens (including phenoxy) is 1. The fraction of sp³-hybridized carbons (Fsp3) is 0.394. The molecule has 3 aromatic rings. The van der Waals surface area contributed by atoms with Gasteiger partial charge in [0.05, 0.1) is 36.1 Å². The molecule has 0 saturated heterocycles. The number of amides is 2. The Hall–Kier alpha value is -5.06. The van der Waals surface area contributed by atoms with Crippen LogP contribution in [0.5, 0.6) is 0 Å². The number of hydrogen-bond donors (Lipinski definition) is 3. The van der Waals surface area contributed by atoms with Gasteiger partial charge in [-0.1, -0.05) is 36.7 Å². The van der Waals surface area contributed by atoms with E-state index in [1.165, 1.54) is 37.3 Å². The van der Waals surface area contributed by atoms with E-state index in [-0.39, 0.29) is 21.7 Å². The maximum Gasteiger partial charge on any atom is 0.407 e. The third kappa shape index (κ3) is 11.8. The van der Waals surface area contributed by atoms with Crippen LogP contribution in [0.25, 0.3) is 11.1 Å². The molecule has 276 valence electrons. The van der Waals surface area contributed by atoms with E-state index >= 15 is 4.39 Å². The number of carbonyl (C=O) groups excluding carboxylic acids is 2. The lowest BCUT2D eigenvalue weighted by atomic mass is 10.0. The van der Waals surface area contributed by atoms with Gasteiger partial charge in [-0.05, 0) is 62.1 Å². The highest BCUT2D eigenvalue weighted by Gasteiger charge is 2.33. The normalized spacial score (nSPS) is 13.8. The van der Waals surface area contributed by atoms with Crippen molar-refractivity contribution >= 4 is 41.7 Å². The van der Waals surface area contributed by atoms with Gasteiger partial charge < -0.3 is 21.5 Å². The van der Waals surface area contributed by atoms with Crippen LogP contribution >= 0.6 is 11.6 Å². The predicted molar refractivity (Wildman–Crippen MR) is 185 cm³/mol. The van der Waals surface area contributed by atoms with Crippen molar-refractivity contribution < 1.29 is 36.3 Å². The number of nitrogens with two attached hydrogens (primary N) is 2. The largest absolute Gasteiger partial charge is 0.447 e. The second-order valence-electron chi connectivity index (χ2n) is 11.7. The summed E-state index contributed by atoms with van der Waals surface area (Å²) >= 11 is 6.31. The molecule has 3 rings (SSSR count). The quantitative estimate of drug-likeness (QED) is 0.0803. The van der Waals surface area contributed by atoms with E-state index in [0.717, 1.165) is 25.2 Å². The Bertz CT molecular complexity index is 1760. The molecule has 0 saturated carbocycles. The summed E-state index contributed by atoms with van der Waals surface area (Å²) in [6.45, 7) is 1.28. The van der Waals surface area contributed by atoms with Gasteiger partial charge in [0.2, 0.25) is 11.9 Å². The van der Waals surface area contributed by atoms with Crippen LogP contribution in [0.15, 0.2) is 63.8 Å². The zero-order valence-electron chi connectivity index (χ0n) is 28.3. The van der Waals surface area contributed by atoms with Gasteiger partial charge in [0.1, 0.15) is 19.1 Å². The third-order valence-electron chi connectivity index (χ3n) is 7.02. The van der Waals surface area contributed by atoms with Crippen molar-refractivity contribution in [1.29, 1.82) is 0 Å². The lowest BCUT2D eigenvalue weighted by Crippen LogP contribution is -2.48. The first kappa shape index (κ1) is 40.4. The van der Waals surface area contributed by atoms with Crippen molar-refractivity contribution in [2.24, 2.45) is 26.4 Å². The maximum atomic E-state index is 15.5. The molecule has 1 aromatic heterocycles. The lowest BCUT2D eigenvalue weighted by Gasteiger charge is -2.32. The van der Waals surface area contributed by atoms with Crippen LogP contribution in [0, 0.1) is 5.82 Å². The van der Waals surface area contributed by atoms with Crippen LogP contribution < -0.4 is 16.8 Å². The lowest BCUT2D eigenvalue weighted by molar-refractivity contribution is -0.129. The highest BCUT2D eigenvalue weighted by molar-refractivity contribution is 6.34. The third-order valence-corrected chi connectivity index (χ3v) is 7.35. The van der Waals surface area contributed by atoms with Crippen LogP contribution in [-0.4, -0.2) is 76.5 Å². The summed E-state index contributed by atoms with van der Waals surface area (Å²) in [7, 11) is 0. The molecule has 2 atom stereocenters. The Balaban J connectivity index is 2.14. The number of nitrogens with zero attached hydrogens (tertiary/aromatic N) is 6. The molecule has 0 bridgehead atoms. The predicted octanol–water partition coefficient (Wildman–Crippen LogP) is 5.93. The topological polar surface area (TPSA) is 166 Å². The molecule has 0 fully saturated rings. The Morgan fingerprint density at radius 2 is 1.92 bits per heavy atom. The Morgan fingerprint density at radius 3 is 2.53 bits per heavy atom. The number of amidine groups is 1. The SMILES string of the molecule is CCCn1cc(-c2ccc(CC(=O)N(/C(N)=N\C(C)(C)F)C(COC(=O)NC(C)CF)c3ccc(Cl)c(/C(N=CN)=N\C(F)F)c3)c(F)c2)cn1. The molecule has 1 heterocycles. The number of carbonyl (C=O) groups is 2. The molecule has 12 nitrogen and oxygen atoms in total. The molecule has 5 N–H and O–H groups in total.